The Bertz CT molecular complexity index is 369. The molecule has 0 saturated carbocycles. The molecular weight excluding hydrogens is 250 g/mol. The molecule has 0 aliphatic heterocycles. The fourth-order valence-corrected chi connectivity index (χ4v) is 1.77. The summed E-state index contributed by atoms with van der Waals surface area (Å²) in [5.74, 6) is 1.51. The molecule has 18 heavy (non-hydrogen) atoms. The van der Waals surface area contributed by atoms with Gasteiger partial charge >= 0.3 is 0 Å². The van der Waals surface area contributed by atoms with Crippen LogP contribution in [0.2, 0.25) is 5.02 Å². The van der Waals surface area contributed by atoms with Gasteiger partial charge in [0, 0.05) is 17.6 Å². The van der Waals surface area contributed by atoms with Gasteiger partial charge in [-0.1, -0.05) is 25.4 Å². The van der Waals surface area contributed by atoms with E-state index in [4.69, 9.17) is 21.1 Å². The van der Waals surface area contributed by atoms with Gasteiger partial charge in [-0.25, -0.2) is 0 Å². The molecule has 0 heterocycles. The smallest absolute Gasteiger partial charge is 0.162 e. The maximum Gasteiger partial charge on any atom is 0.162 e. The molecule has 0 saturated heterocycles. The van der Waals surface area contributed by atoms with E-state index in [1.54, 1.807) is 0 Å². The molecule has 1 rings (SSSR count). The monoisotopic (exact) mass is 271 g/mol. The highest BCUT2D eigenvalue weighted by Gasteiger charge is 2.10. The van der Waals surface area contributed by atoms with Crippen molar-refractivity contribution < 1.29 is 9.47 Å². The molecule has 0 aliphatic rings. The van der Waals surface area contributed by atoms with E-state index in [0.29, 0.717) is 18.2 Å². The molecule has 0 aliphatic carbocycles. The molecule has 1 aromatic carbocycles. The first-order chi connectivity index (χ1) is 8.72. The van der Waals surface area contributed by atoms with Crippen molar-refractivity contribution in [3.63, 3.8) is 0 Å². The molecule has 0 unspecified atom stereocenters. The zero-order valence-corrected chi connectivity index (χ0v) is 12.1. The van der Waals surface area contributed by atoms with Gasteiger partial charge in [-0.2, -0.15) is 0 Å². The summed E-state index contributed by atoms with van der Waals surface area (Å²) < 4.78 is 11.4. The summed E-state index contributed by atoms with van der Waals surface area (Å²) in [6, 6.07) is 3.80. The molecule has 1 N–H and O–H groups in total. The lowest BCUT2D eigenvalue weighted by atomic mass is 10.2. The van der Waals surface area contributed by atoms with Crippen LogP contribution < -0.4 is 14.8 Å². The fraction of sp³-hybridized carbons (Fsp3) is 0.571. The second-order valence-corrected chi connectivity index (χ2v) is 4.52. The lowest BCUT2D eigenvalue weighted by Crippen LogP contribution is -2.07. The van der Waals surface area contributed by atoms with Crippen molar-refractivity contribution in [1.29, 1.82) is 0 Å². The number of hydrogen-bond acceptors (Lipinski definition) is 3. The highest BCUT2D eigenvalue weighted by atomic mass is 35.5. The number of halogens is 1. The fourth-order valence-electron chi connectivity index (χ4n) is 1.55. The second-order valence-electron chi connectivity index (χ2n) is 4.12. The maximum absolute atomic E-state index is 6.22. The first-order valence-electron chi connectivity index (χ1n) is 6.45. The zero-order chi connectivity index (χ0) is 13.4. The summed E-state index contributed by atoms with van der Waals surface area (Å²) in [6.45, 7) is 6.23. The lowest BCUT2D eigenvalue weighted by Gasteiger charge is -2.15. The third-order valence-corrected chi connectivity index (χ3v) is 2.76. The third-order valence-electron chi connectivity index (χ3n) is 2.40. The number of ether oxygens (including phenoxy) is 2. The van der Waals surface area contributed by atoms with Crippen LogP contribution in [0, 0.1) is 0 Å². The summed E-state index contributed by atoms with van der Waals surface area (Å²) in [6.07, 6.45) is 1.93. The Labute approximate surface area is 114 Å². The molecule has 102 valence electrons. The minimum Gasteiger partial charge on any atom is -0.490 e. The SMILES string of the molecule is CCCOc1cc(Cl)c(CNC)cc1OCCC. The minimum absolute atomic E-state index is 0.671. The van der Waals surface area contributed by atoms with Crippen molar-refractivity contribution >= 4 is 11.6 Å². The molecule has 3 nitrogen and oxygen atoms in total. The van der Waals surface area contributed by atoms with Gasteiger partial charge in [0.1, 0.15) is 0 Å². The second kappa shape index (κ2) is 8.22. The van der Waals surface area contributed by atoms with Crippen molar-refractivity contribution in [2.75, 3.05) is 20.3 Å². The predicted molar refractivity (Wildman–Crippen MR) is 75.8 cm³/mol. The van der Waals surface area contributed by atoms with E-state index >= 15 is 0 Å². The van der Waals surface area contributed by atoms with Gasteiger partial charge in [0.2, 0.25) is 0 Å². The van der Waals surface area contributed by atoms with E-state index < -0.39 is 0 Å². The Balaban J connectivity index is 2.94. The topological polar surface area (TPSA) is 30.5 Å². The molecule has 0 amide bonds. The van der Waals surface area contributed by atoms with Crippen LogP contribution in [0.25, 0.3) is 0 Å². The van der Waals surface area contributed by atoms with Gasteiger partial charge in [-0.05, 0) is 31.5 Å². The van der Waals surface area contributed by atoms with Crippen LogP contribution in [0.1, 0.15) is 32.3 Å². The average Bonchev–Trinajstić information content (AvgIpc) is 2.37. The Morgan fingerprint density at radius 2 is 1.61 bits per heavy atom. The minimum atomic E-state index is 0.671. The Morgan fingerprint density at radius 1 is 1.06 bits per heavy atom. The molecule has 0 spiro atoms. The van der Waals surface area contributed by atoms with Crippen LogP contribution in [0.5, 0.6) is 11.5 Å². The highest BCUT2D eigenvalue weighted by Crippen LogP contribution is 2.33. The first-order valence-corrected chi connectivity index (χ1v) is 6.83. The number of rotatable bonds is 8. The molecule has 0 aromatic heterocycles. The molecule has 0 fully saturated rings. The average molecular weight is 272 g/mol. The Morgan fingerprint density at radius 3 is 2.11 bits per heavy atom. The van der Waals surface area contributed by atoms with Crippen molar-refractivity contribution in [2.45, 2.75) is 33.2 Å². The lowest BCUT2D eigenvalue weighted by molar-refractivity contribution is 0.268. The maximum atomic E-state index is 6.22. The largest absolute Gasteiger partial charge is 0.490 e. The number of benzene rings is 1. The van der Waals surface area contributed by atoms with Crippen LogP contribution in [-0.2, 0) is 6.54 Å². The van der Waals surface area contributed by atoms with E-state index in [0.717, 1.165) is 36.4 Å². The molecular formula is C14H22ClNO2. The quantitative estimate of drug-likeness (QED) is 0.783. The Kier molecular flexibility index (Phi) is 6.91. The van der Waals surface area contributed by atoms with E-state index in [9.17, 15) is 0 Å². The van der Waals surface area contributed by atoms with Crippen molar-refractivity contribution in [2.24, 2.45) is 0 Å². The van der Waals surface area contributed by atoms with Gasteiger partial charge in [0.15, 0.2) is 11.5 Å². The van der Waals surface area contributed by atoms with Crippen LogP contribution in [0.15, 0.2) is 12.1 Å². The first kappa shape index (κ1) is 15.1. The third kappa shape index (κ3) is 4.39. The van der Waals surface area contributed by atoms with Crippen LogP contribution >= 0.6 is 11.6 Å². The predicted octanol–water partition coefficient (Wildman–Crippen LogP) is 3.64. The molecule has 4 heteroatoms. The van der Waals surface area contributed by atoms with Crippen LogP contribution in [-0.4, -0.2) is 20.3 Å². The number of hydrogen-bond donors (Lipinski definition) is 1. The van der Waals surface area contributed by atoms with Crippen molar-refractivity contribution in [1.82, 2.24) is 5.32 Å². The summed E-state index contributed by atoms with van der Waals surface area (Å²) >= 11 is 6.22. The van der Waals surface area contributed by atoms with E-state index in [-0.39, 0.29) is 0 Å². The van der Waals surface area contributed by atoms with Gasteiger partial charge in [-0.15, -0.1) is 0 Å². The van der Waals surface area contributed by atoms with Crippen LogP contribution in [0.3, 0.4) is 0 Å². The standard InChI is InChI=1S/C14H22ClNO2/c1-4-6-17-13-8-11(10-16-3)12(15)9-14(13)18-7-5-2/h8-9,16H,4-7,10H2,1-3H3. The van der Waals surface area contributed by atoms with Crippen LogP contribution in [0.4, 0.5) is 0 Å². The summed E-state index contributed by atoms with van der Waals surface area (Å²) in [5.41, 5.74) is 1.02. The van der Waals surface area contributed by atoms with Gasteiger partial charge in [-0.3, -0.25) is 0 Å². The van der Waals surface area contributed by atoms with E-state index in [1.165, 1.54) is 0 Å². The van der Waals surface area contributed by atoms with Gasteiger partial charge in [0.05, 0.1) is 13.2 Å². The van der Waals surface area contributed by atoms with Crippen molar-refractivity contribution in [3.05, 3.63) is 22.7 Å². The summed E-state index contributed by atoms with van der Waals surface area (Å²) in [5, 5.41) is 3.80. The zero-order valence-electron chi connectivity index (χ0n) is 11.4. The molecule has 1 aromatic rings. The van der Waals surface area contributed by atoms with Gasteiger partial charge < -0.3 is 14.8 Å². The normalized spacial score (nSPS) is 10.4. The highest BCUT2D eigenvalue weighted by molar-refractivity contribution is 6.31. The van der Waals surface area contributed by atoms with E-state index in [2.05, 4.69) is 19.2 Å². The summed E-state index contributed by atoms with van der Waals surface area (Å²) in [4.78, 5) is 0. The van der Waals surface area contributed by atoms with E-state index in [1.807, 2.05) is 19.2 Å². The van der Waals surface area contributed by atoms with Crippen molar-refractivity contribution in [3.8, 4) is 11.5 Å². The molecule has 0 bridgehead atoms. The number of nitrogens with one attached hydrogen (secondary N) is 1. The summed E-state index contributed by atoms with van der Waals surface area (Å²) in [7, 11) is 1.89. The molecule has 0 radical (unpaired) electrons. The Hall–Kier alpha value is -0.930. The molecule has 0 atom stereocenters. The van der Waals surface area contributed by atoms with Gasteiger partial charge in [0.25, 0.3) is 0 Å².